The molecule has 2 N–H and O–H groups in total. The van der Waals surface area contributed by atoms with Crippen molar-refractivity contribution >= 4 is 22.8 Å². The van der Waals surface area contributed by atoms with Gasteiger partial charge in [0.15, 0.2) is 11.5 Å². The van der Waals surface area contributed by atoms with Crippen LogP contribution in [0.25, 0.3) is 11.1 Å². The van der Waals surface area contributed by atoms with Gasteiger partial charge in [-0.05, 0) is 38.8 Å². The average molecular weight is 410 g/mol. The van der Waals surface area contributed by atoms with Crippen molar-refractivity contribution < 1.29 is 18.7 Å². The number of amides is 1. The Hall–Kier alpha value is -3.29. The number of para-hydroxylation sites is 2. The Kier molecular flexibility index (Phi) is 5.24. The molecule has 2 aromatic heterocycles. The molecule has 0 spiro atoms. The first-order valence-corrected chi connectivity index (χ1v) is 10.00. The molecule has 158 valence electrons. The lowest BCUT2D eigenvalue weighted by Crippen LogP contribution is -2.21. The number of benzene rings is 1. The molecule has 1 saturated carbocycles. The molecule has 0 radical (unpaired) electrons. The summed E-state index contributed by atoms with van der Waals surface area (Å²) in [5.74, 6) is 2.86. The Balaban J connectivity index is 1.63. The van der Waals surface area contributed by atoms with Crippen molar-refractivity contribution in [2.45, 2.75) is 38.6 Å². The molecule has 1 aromatic carbocycles. The number of rotatable bonds is 8. The van der Waals surface area contributed by atoms with E-state index in [0.717, 1.165) is 12.8 Å². The molecule has 30 heavy (non-hydrogen) atoms. The number of fused-ring (bicyclic) bond motifs is 1. The number of carbonyl (C=O) groups is 1. The largest absolute Gasteiger partial charge is 0.493 e. The maximum Gasteiger partial charge on any atom is 0.255 e. The Bertz CT molecular complexity index is 1090. The van der Waals surface area contributed by atoms with E-state index in [1.807, 2.05) is 24.3 Å². The van der Waals surface area contributed by atoms with Crippen LogP contribution in [0, 0.1) is 6.92 Å². The van der Waals surface area contributed by atoms with Crippen LogP contribution in [0.15, 0.2) is 28.7 Å². The highest BCUT2D eigenvalue weighted by atomic mass is 16.5. The van der Waals surface area contributed by atoms with E-state index in [9.17, 15) is 4.79 Å². The molecular formula is C22H26N4O4. The number of carbonyl (C=O) groups excluding carboxylic acids is 1. The maximum atomic E-state index is 12.4. The fourth-order valence-electron chi connectivity index (χ4n) is 3.34. The normalized spacial score (nSPS) is 14.4. The standard InChI is InChI=1S/C22H26N4O4/c1-13-17(20(27)23-3)18-19(26-22(2)10-11-22)24-16(25-21(18)30-13)9-12-29-15-8-6-5-7-14(15)28-4/h5-8H,9-12H2,1-4H3,(H,23,27)(H,24,25,26). The smallest absolute Gasteiger partial charge is 0.255 e. The average Bonchev–Trinajstić information content (AvgIpc) is 3.36. The molecule has 2 heterocycles. The van der Waals surface area contributed by atoms with E-state index < -0.39 is 0 Å². The number of anilines is 1. The molecule has 3 aromatic rings. The number of ether oxygens (including phenoxy) is 2. The Labute approximate surface area is 175 Å². The molecule has 0 atom stereocenters. The number of aromatic nitrogens is 2. The fraction of sp³-hybridized carbons (Fsp3) is 0.409. The molecular weight excluding hydrogens is 384 g/mol. The van der Waals surface area contributed by atoms with Gasteiger partial charge in [-0.3, -0.25) is 4.79 Å². The summed E-state index contributed by atoms with van der Waals surface area (Å²) in [6.45, 7) is 4.28. The van der Waals surface area contributed by atoms with Crippen molar-refractivity contribution in [3.63, 3.8) is 0 Å². The topological polar surface area (TPSA) is 98.5 Å². The van der Waals surface area contributed by atoms with Crippen LogP contribution in [0.4, 0.5) is 5.82 Å². The zero-order chi connectivity index (χ0) is 21.3. The SMILES string of the molecule is CNC(=O)c1c(C)oc2nc(CCOc3ccccc3OC)nc(NC3(C)CC3)c12. The molecule has 8 nitrogen and oxygen atoms in total. The minimum atomic E-state index is -0.217. The Morgan fingerprint density at radius 1 is 1.23 bits per heavy atom. The summed E-state index contributed by atoms with van der Waals surface area (Å²) >= 11 is 0. The predicted octanol–water partition coefficient (Wildman–Crippen LogP) is 3.49. The zero-order valence-corrected chi connectivity index (χ0v) is 17.7. The van der Waals surface area contributed by atoms with E-state index in [2.05, 4.69) is 22.5 Å². The van der Waals surface area contributed by atoms with E-state index in [0.29, 0.717) is 58.6 Å². The molecule has 1 fully saturated rings. The van der Waals surface area contributed by atoms with Gasteiger partial charge in [-0.2, -0.15) is 4.98 Å². The second kappa shape index (κ2) is 7.85. The number of hydrogen-bond acceptors (Lipinski definition) is 7. The Morgan fingerprint density at radius 2 is 1.97 bits per heavy atom. The second-order valence-corrected chi connectivity index (χ2v) is 7.72. The molecule has 4 rings (SSSR count). The van der Waals surface area contributed by atoms with Crippen LogP contribution in [-0.4, -0.2) is 42.2 Å². The third kappa shape index (κ3) is 3.90. The lowest BCUT2D eigenvalue weighted by atomic mass is 10.1. The van der Waals surface area contributed by atoms with Gasteiger partial charge in [0.1, 0.15) is 17.4 Å². The van der Waals surface area contributed by atoms with Gasteiger partial charge in [0.2, 0.25) is 5.71 Å². The molecule has 0 saturated heterocycles. The van der Waals surface area contributed by atoms with E-state index in [1.54, 1.807) is 21.1 Å². The summed E-state index contributed by atoms with van der Waals surface area (Å²) in [4.78, 5) is 21.7. The van der Waals surface area contributed by atoms with Gasteiger partial charge >= 0.3 is 0 Å². The van der Waals surface area contributed by atoms with Crippen molar-refractivity contribution in [2.24, 2.45) is 0 Å². The molecule has 1 aliphatic rings. The quantitative estimate of drug-likeness (QED) is 0.586. The number of methoxy groups -OCH3 is 1. The molecule has 8 heteroatoms. The highest BCUT2D eigenvalue weighted by Crippen LogP contribution is 2.40. The fourth-order valence-corrected chi connectivity index (χ4v) is 3.34. The maximum absolute atomic E-state index is 12.4. The van der Waals surface area contributed by atoms with Gasteiger partial charge in [0.25, 0.3) is 5.91 Å². The lowest BCUT2D eigenvalue weighted by molar-refractivity contribution is 0.0963. The van der Waals surface area contributed by atoms with Crippen LogP contribution in [0.5, 0.6) is 11.5 Å². The minimum Gasteiger partial charge on any atom is -0.493 e. The van der Waals surface area contributed by atoms with Crippen LogP contribution < -0.4 is 20.1 Å². The van der Waals surface area contributed by atoms with Crippen LogP contribution in [0.2, 0.25) is 0 Å². The van der Waals surface area contributed by atoms with Gasteiger partial charge in [-0.1, -0.05) is 12.1 Å². The number of aryl methyl sites for hydroxylation is 1. The van der Waals surface area contributed by atoms with E-state index in [1.165, 1.54) is 0 Å². The highest BCUT2D eigenvalue weighted by Gasteiger charge is 2.38. The minimum absolute atomic E-state index is 0.0163. The van der Waals surface area contributed by atoms with Crippen LogP contribution in [0.3, 0.4) is 0 Å². The third-order valence-corrected chi connectivity index (χ3v) is 5.30. The summed E-state index contributed by atoms with van der Waals surface area (Å²) in [6.07, 6.45) is 2.59. The summed E-state index contributed by atoms with van der Waals surface area (Å²) < 4.78 is 17.0. The number of hydrogen-bond donors (Lipinski definition) is 2. The summed E-state index contributed by atoms with van der Waals surface area (Å²) in [5, 5.41) is 6.77. The van der Waals surface area contributed by atoms with E-state index in [4.69, 9.17) is 18.9 Å². The summed E-state index contributed by atoms with van der Waals surface area (Å²) in [6, 6.07) is 7.49. The van der Waals surface area contributed by atoms with Crippen molar-refractivity contribution in [3.8, 4) is 11.5 Å². The highest BCUT2D eigenvalue weighted by molar-refractivity contribution is 6.10. The molecule has 1 aliphatic carbocycles. The Morgan fingerprint density at radius 3 is 2.63 bits per heavy atom. The number of nitrogens with zero attached hydrogens (tertiary/aromatic N) is 2. The van der Waals surface area contributed by atoms with Gasteiger partial charge in [0, 0.05) is 19.0 Å². The van der Waals surface area contributed by atoms with Crippen molar-refractivity contribution in [1.82, 2.24) is 15.3 Å². The van der Waals surface area contributed by atoms with E-state index in [-0.39, 0.29) is 11.4 Å². The lowest BCUT2D eigenvalue weighted by Gasteiger charge is -2.15. The van der Waals surface area contributed by atoms with E-state index >= 15 is 0 Å². The first-order valence-electron chi connectivity index (χ1n) is 10.00. The predicted molar refractivity (Wildman–Crippen MR) is 113 cm³/mol. The molecule has 1 amide bonds. The van der Waals surface area contributed by atoms with Gasteiger partial charge < -0.3 is 24.5 Å². The first-order chi connectivity index (χ1) is 14.4. The van der Waals surface area contributed by atoms with Gasteiger partial charge in [0.05, 0.1) is 24.7 Å². The van der Waals surface area contributed by atoms with Crippen LogP contribution in [-0.2, 0) is 6.42 Å². The van der Waals surface area contributed by atoms with Crippen LogP contribution in [0.1, 0.15) is 41.7 Å². The molecule has 0 unspecified atom stereocenters. The summed E-state index contributed by atoms with van der Waals surface area (Å²) in [5.41, 5.74) is 0.855. The van der Waals surface area contributed by atoms with Crippen molar-refractivity contribution in [2.75, 3.05) is 26.1 Å². The van der Waals surface area contributed by atoms with Crippen LogP contribution >= 0.6 is 0 Å². The molecule has 0 aliphatic heterocycles. The number of nitrogens with one attached hydrogen (secondary N) is 2. The third-order valence-electron chi connectivity index (χ3n) is 5.30. The van der Waals surface area contributed by atoms with Crippen molar-refractivity contribution in [1.29, 1.82) is 0 Å². The van der Waals surface area contributed by atoms with Gasteiger partial charge in [-0.25, -0.2) is 4.98 Å². The number of furan rings is 1. The second-order valence-electron chi connectivity index (χ2n) is 7.72. The first kappa shape index (κ1) is 20.0. The summed E-state index contributed by atoms with van der Waals surface area (Å²) in [7, 11) is 3.21. The van der Waals surface area contributed by atoms with Crippen molar-refractivity contribution in [3.05, 3.63) is 41.4 Å². The van der Waals surface area contributed by atoms with Gasteiger partial charge in [-0.15, -0.1) is 0 Å². The monoisotopic (exact) mass is 410 g/mol. The molecule has 0 bridgehead atoms. The zero-order valence-electron chi connectivity index (χ0n) is 17.7.